The zero-order valence-electron chi connectivity index (χ0n) is 4.55. The van der Waals surface area contributed by atoms with Gasteiger partial charge in [-0.25, -0.2) is 0 Å². The lowest BCUT2D eigenvalue weighted by Gasteiger charge is -1.87. The molecule has 0 atom stereocenters. The van der Waals surface area contributed by atoms with Crippen LogP contribution in [0.2, 0.25) is 0 Å². The molecule has 42 valence electrons. The van der Waals surface area contributed by atoms with Crippen molar-refractivity contribution in [1.82, 2.24) is 0 Å². The van der Waals surface area contributed by atoms with Crippen LogP contribution in [0, 0.1) is 0 Å². The van der Waals surface area contributed by atoms with Gasteiger partial charge in [0.25, 0.3) is 0 Å². The van der Waals surface area contributed by atoms with Gasteiger partial charge in [-0.15, -0.1) is 0 Å². The molecule has 3 heteroatoms. The first kappa shape index (κ1) is 6.27. The average molecular weight is 103 g/mol. The summed E-state index contributed by atoms with van der Waals surface area (Å²) in [6.07, 6.45) is 1.26. The van der Waals surface area contributed by atoms with Gasteiger partial charge in [0.1, 0.15) is 7.11 Å². The van der Waals surface area contributed by atoms with E-state index < -0.39 is 0 Å². The smallest absolute Gasteiger partial charge is 0.212 e. The summed E-state index contributed by atoms with van der Waals surface area (Å²) >= 11 is 0. The first-order valence-corrected chi connectivity index (χ1v) is 2.08. The van der Waals surface area contributed by atoms with E-state index in [1.807, 2.05) is 6.92 Å². The van der Waals surface area contributed by atoms with E-state index >= 15 is 0 Å². The maximum Gasteiger partial charge on any atom is 0.212 e. The fraction of sp³-hybridized carbons (Fsp3) is 0.750. The molecule has 0 aliphatic heterocycles. The summed E-state index contributed by atoms with van der Waals surface area (Å²) in [5.74, 6) is 0. The summed E-state index contributed by atoms with van der Waals surface area (Å²) < 4.78 is 4.66. The summed E-state index contributed by atoms with van der Waals surface area (Å²) in [6.45, 7) is 2.51. The molecule has 0 aromatic carbocycles. The SMILES string of the molecule is CCOC=NOC. The van der Waals surface area contributed by atoms with Crippen LogP contribution in [0.5, 0.6) is 0 Å². The number of rotatable bonds is 3. The minimum atomic E-state index is 0.632. The first-order valence-electron chi connectivity index (χ1n) is 2.08. The third-order valence-electron chi connectivity index (χ3n) is 0.390. The van der Waals surface area contributed by atoms with Gasteiger partial charge in [-0.05, 0) is 6.92 Å². The zero-order chi connectivity index (χ0) is 5.54. The Bertz CT molecular complexity index is 53.7. The van der Waals surface area contributed by atoms with Crippen LogP contribution < -0.4 is 0 Å². The Morgan fingerprint density at radius 1 is 1.71 bits per heavy atom. The highest BCUT2D eigenvalue weighted by molar-refractivity contribution is 5.44. The van der Waals surface area contributed by atoms with E-state index in [0.717, 1.165) is 0 Å². The third kappa shape index (κ3) is 5.27. The minimum absolute atomic E-state index is 0.632. The molecular weight excluding hydrogens is 94.0 g/mol. The highest BCUT2D eigenvalue weighted by Crippen LogP contribution is 1.66. The van der Waals surface area contributed by atoms with Gasteiger partial charge in [-0.3, -0.25) is 0 Å². The van der Waals surface area contributed by atoms with Crippen molar-refractivity contribution in [2.24, 2.45) is 5.16 Å². The molecule has 0 aromatic rings. The van der Waals surface area contributed by atoms with E-state index in [9.17, 15) is 0 Å². The van der Waals surface area contributed by atoms with Crippen molar-refractivity contribution in [3.8, 4) is 0 Å². The molecule has 0 amide bonds. The molecule has 0 N–H and O–H groups in total. The Morgan fingerprint density at radius 3 is 2.86 bits per heavy atom. The van der Waals surface area contributed by atoms with Crippen molar-refractivity contribution in [2.45, 2.75) is 6.92 Å². The predicted octanol–water partition coefficient (Wildman–Crippen LogP) is 0.613. The van der Waals surface area contributed by atoms with Crippen LogP contribution in [0.4, 0.5) is 0 Å². The molecule has 0 saturated carbocycles. The van der Waals surface area contributed by atoms with Crippen LogP contribution in [0.3, 0.4) is 0 Å². The molecule has 0 aliphatic rings. The van der Waals surface area contributed by atoms with Crippen molar-refractivity contribution in [3.63, 3.8) is 0 Å². The van der Waals surface area contributed by atoms with Crippen LogP contribution in [0.1, 0.15) is 6.92 Å². The number of ether oxygens (including phenoxy) is 1. The molecule has 0 spiro atoms. The Balaban J connectivity index is 2.78. The van der Waals surface area contributed by atoms with Gasteiger partial charge in [-0.2, -0.15) is 0 Å². The number of oxime groups is 1. The number of hydrogen-bond donors (Lipinski definition) is 0. The van der Waals surface area contributed by atoms with Crippen molar-refractivity contribution in [1.29, 1.82) is 0 Å². The van der Waals surface area contributed by atoms with Crippen LogP contribution in [-0.4, -0.2) is 20.1 Å². The molecule has 0 radical (unpaired) electrons. The summed E-state index contributed by atoms with van der Waals surface area (Å²) in [4.78, 5) is 4.29. The number of hydrogen-bond acceptors (Lipinski definition) is 3. The monoisotopic (exact) mass is 103 g/mol. The van der Waals surface area contributed by atoms with Crippen molar-refractivity contribution in [3.05, 3.63) is 0 Å². The highest BCUT2D eigenvalue weighted by Gasteiger charge is 1.65. The second-order valence-electron chi connectivity index (χ2n) is 0.849. The second kappa shape index (κ2) is 5.27. The number of nitrogens with zero attached hydrogens (tertiary/aromatic N) is 1. The minimum Gasteiger partial charge on any atom is -0.481 e. The molecule has 7 heavy (non-hydrogen) atoms. The van der Waals surface area contributed by atoms with E-state index in [1.54, 1.807) is 0 Å². The summed E-state index contributed by atoms with van der Waals surface area (Å²) in [7, 11) is 1.47. The topological polar surface area (TPSA) is 30.8 Å². The van der Waals surface area contributed by atoms with E-state index in [4.69, 9.17) is 0 Å². The van der Waals surface area contributed by atoms with Gasteiger partial charge in [0.15, 0.2) is 0 Å². The lowest BCUT2D eigenvalue weighted by molar-refractivity contribution is 0.199. The van der Waals surface area contributed by atoms with Crippen LogP contribution in [0.25, 0.3) is 0 Å². The van der Waals surface area contributed by atoms with Crippen LogP contribution in [-0.2, 0) is 9.57 Å². The Hall–Kier alpha value is -0.730. The van der Waals surface area contributed by atoms with Crippen molar-refractivity contribution < 1.29 is 9.57 Å². The zero-order valence-corrected chi connectivity index (χ0v) is 4.55. The fourth-order valence-electron chi connectivity index (χ4n) is 0.148. The average Bonchev–Trinajstić information content (AvgIpc) is 1.69. The van der Waals surface area contributed by atoms with Crippen LogP contribution in [0.15, 0.2) is 5.16 Å². The molecule has 0 bridgehead atoms. The standard InChI is InChI=1S/C4H9NO2/c1-3-7-4-5-6-2/h4H,3H2,1-2H3. The fourth-order valence-corrected chi connectivity index (χ4v) is 0.148. The Morgan fingerprint density at radius 2 is 2.43 bits per heavy atom. The molecule has 0 heterocycles. The molecule has 0 saturated heterocycles. The lowest BCUT2D eigenvalue weighted by Crippen LogP contribution is -1.84. The molecule has 0 unspecified atom stereocenters. The Labute approximate surface area is 42.9 Å². The molecule has 0 rings (SSSR count). The first-order chi connectivity index (χ1) is 3.41. The second-order valence-corrected chi connectivity index (χ2v) is 0.849. The van der Waals surface area contributed by atoms with E-state index in [2.05, 4.69) is 14.7 Å². The van der Waals surface area contributed by atoms with Gasteiger partial charge in [0, 0.05) is 0 Å². The summed E-state index contributed by atoms with van der Waals surface area (Å²) in [5, 5.41) is 3.31. The van der Waals surface area contributed by atoms with Gasteiger partial charge in [0.05, 0.1) is 6.61 Å². The largest absolute Gasteiger partial charge is 0.481 e. The third-order valence-corrected chi connectivity index (χ3v) is 0.390. The predicted molar refractivity (Wildman–Crippen MR) is 27.1 cm³/mol. The molecule has 0 fully saturated rings. The van der Waals surface area contributed by atoms with Crippen LogP contribution >= 0.6 is 0 Å². The van der Waals surface area contributed by atoms with Gasteiger partial charge in [-0.1, -0.05) is 5.16 Å². The highest BCUT2D eigenvalue weighted by atomic mass is 16.6. The van der Waals surface area contributed by atoms with Gasteiger partial charge >= 0.3 is 0 Å². The van der Waals surface area contributed by atoms with Crippen molar-refractivity contribution in [2.75, 3.05) is 13.7 Å². The maximum absolute atomic E-state index is 4.66. The molecular formula is C4H9NO2. The summed E-state index contributed by atoms with van der Waals surface area (Å²) in [5.41, 5.74) is 0. The lowest BCUT2D eigenvalue weighted by atomic mass is 10.9. The van der Waals surface area contributed by atoms with Gasteiger partial charge in [0.2, 0.25) is 6.40 Å². The summed E-state index contributed by atoms with van der Waals surface area (Å²) in [6, 6.07) is 0. The van der Waals surface area contributed by atoms with E-state index in [0.29, 0.717) is 6.61 Å². The van der Waals surface area contributed by atoms with E-state index in [-0.39, 0.29) is 0 Å². The van der Waals surface area contributed by atoms with Gasteiger partial charge < -0.3 is 9.57 Å². The van der Waals surface area contributed by atoms with Crippen molar-refractivity contribution >= 4 is 6.40 Å². The molecule has 0 aromatic heterocycles. The molecule has 0 aliphatic carbocycles. The Kier molecular flexibility index (Phi) is 4.72. The molecule has 3 nitrogen and oxygen atoms in total. The van der Waals surface area contributed by atoms with E-state index in [1.165, 1.54) is 13.5 Å². The quantitative estimate of drug-likeness (QED) is 0.297. The maximum atomic E-state index is 4.66. The normalized spacial score (nSPS) is 9.43.